The van der Waals surface area contributed by atoms with Gasteiger partial charge in [0.15, 0.2) is 5.82 Å². The molecular weight excluding hydrogens is 324 g/mol. The first-order valence-corrected chi connectivity index (χ1v) is 8.90. The SMILES string of the molecule is Cc1nc(CN2CCN(Cc3ccc(-c4ccn[nH]4)s3)CC2)no1. The van der Waals surface area contributed by atoms with Crippen LogP contribution >= 0.6 is 11.3 Å². The Morgan fingerprint density at radius 3 is 2.58 bits per heavy atom. The van der Waals surface area contributed by atoms with Crippen LogP contribution in [0.4, 0.5) is 0 Å². The average molecular weight is 344 g/mol. The summed E-state index contributed by atoms with van der Waals surface area (Å²) in [6.07, 6.45) is 1.79. The smallest absolute Gasteiger partial charge is 0.223 e. The molecule has 1 N–H and O–H groups in total. The molecule has 3 aromatic heterocycles. The number of aromatic amines is 1. The van der Waals surface area contributed by atoms with Crippen LogP contribution in [0.5, 0.6) is 0 Å². The molecule has 0 spiro atoms. The molecule has 1 aliphatic rings. The first-order chi connectivity index (χ1) is 11.8. The molecule has 0 amide bonds. The van der Waals surface area contributed by atoms with Crippen LogP contribution in [-0.4, -0.2) is 56.3 Å². The molecular formula is C16H20N6OS. The van der Waals surface area contributed by atoms with Gasteiger partial charge in [0.1, 0.15) is 0 Å². The number of thiophene rings is 1. The van der Waals surface area contributed by atoms with Gasteiger partial charge in [-0.25, -0.2) is 0 Å². The molecule has 4 heterocycles. The Morgan fingerprint density at radius 2 is 1.92 bits per heavy atom. The van der Waals surface area contributed by atoms with Crippen LogP contribution in [0, 0.1) is 6.92 Å². The van der Waals surface area contributed by atoms with Crippen molar-refractivity contribution in [1.82, 2.24) is 30.1 Å². The van der Waals surface area contributed by atoms with Gasteiger partial charge in [-0.2, -0.15) is 10.1 Å². The summed E-state index contributed by atoms with van der Waals surface area (Å²) in [5, 5.41) is 11.0. The van der Waals surface area contributed by atoms with E-state index in [0.29, 0.717) is 5.89 Å². The van der Waals surface area contributed by atoms with Crippen LogP contribution in [0.2, 0.25) is 0 Å². The molecule has 0 radical (unpaired) electrons. The summed E-state index contributed by atoms with van der Waals surface area (Å²) in [5.74, 6) is 1.41. The van der Waals surface area contributed by atoms with E-state index in [1.807, 2.05) is 24.3 Å². The second kappa shape index (κ2) is 6.84. The second-order valence-electron chi connectivity index (χ2n) is 6.02. The molecule has 126 valence electrons. The Balaban J connectivity index is 1.29. The number of aryl methyl sites for hydroxylation is 1. The zero-order valence-corrected chi connectivity index (χ0v) is 14.4. The fraction of sp³-hybridized carbons (Fsp3) is 0.438. The summed E-state index contributed by atoms with van der Waals surface area (Å²) in [6.45, 7) is 7.80. The second-order valence-corrected chi connectivity index (χ2v) is 7.19. The summed E-state index contributed by atoms with van der Waals surface area (Å²) in [7, 11) is 0. The van der Waals surface area contributed by atoms with Crippen LogP contribution in [0.25, 0.3) is 10.6 Å². The standard InChI is InChI=1S/C16H20N6OS/c1-12-18-16(20-23-12)11-22-8-6-21(7-9-22)10-13-2-3-15(24-13)14-4-5-17-19-14/h2-5H,6-11H2,1H3,(H,17,19). The molecule has 0 aromatic carbocycles. The van der Waals surface area contributed by atoms with Crippen molar-refractivity contribution in [2.45, 2.75) is 20.0 Å². The van der Waals surface area contributed by atoms with Crippen molar-refractivity contribution in [2.24, 2.45) is 0 Å². The predicted molar refractivity (Wildman–Crippen MR) is 91.5 cm³/mol. The normalized spacial score (nSPS) is 16.7. The lowest BCUT2D eigenvalue weighted by atomic mass is 10.3. The van der Waals surface area contributed by atoms with Crippen molar-refractivity contribution in [3.05, 3.63) is 41.0 Å². The highest BCUT2D eigenvalue weighted by Crippen LogP contribution is 2.27. The molecule has 0 atom stereocenters. The Morgan fingerprint density at radius 1 is 1.12 bits per heavy atom. The molecule has 1 saturated heterocycles. The van der Waals surface area contributed by atoms with E-state index in [-0.39, 0.29) is 0 Å². The lowest BCUT2D eigenvalue weighted by Crippen LogP contribution is -2.45. The molecule has 7 nitrogen and oxygen atoms in total. The summed E-state index contributed by atoms with van der Waals surface area (Å²) >= 11 is 1.83. The van der Waals surface area contributed by atoms with Gasteiger partial charge in [0, 0.05) is 50.7 Å². The summed E-state index contributed by atoms with van der Waals surface area (Å²) < 4.78 is 5.04. The third kappa shape index (κ3) is 3.55. The number of rotatable bonds is 5. The number of aromatic nitrogens is 4. The largest absolute Gasteiger partial charge is 0.340 e. The maximum Gasteiger partial charge on any atom is 0.223 e. The molecule has 1 fully saturated rings. The van der Waals surface area contributed by atoms with E-state index >= 15 is 0 Å². The molecule has 8 heteroatoms. The van der Waals surface area contributed by atoms with E-state index < -0.39 is 0 Å². The predicted octanol–water partition coefficient (Wildman–Crippen LogP) is 2.15. The summed E-state index contributed by atoms with van der Waals surface area (Å²) in [4.78, 5) is 11.8. The zero-order chi connectivity index (χ0) is 16.4. The number of piperazine rings is 1. The van der Waals surface area contributed by atoms with Gasteiger partial charge in [-0.3, -0.25) is 14.9 Å². The third-order valence-electron chi connectivity index (χ3n) is 4.21. The maximum absolute atomic E-state index is 5.04. The number of nitrogens with zero attached hydrogens (tertiary/aromatic N) is 5. The van der Waals surface area contributed by atoms with Gasteiger partial charge >= 0.3 is 0 Å². The van der Waals surface area contributed by atoms with Crippen molar-refractivity contribution in [3.8, 4) is 10.6 Å². The van der Waals surface area contributed by atoms with E-state index in [9.17, 15) is 0 Å². The van der Waals surface area contributed by atoms with Crippen LogP contribution in [0.1, 0.15) is 16.6 Å². The zero-order valence-electron chi connectivity index (χ0n) is 13.6. The van der Waals surface area contributed by atoms with Crippen LogP contribution in [-0.2, 0) is 13.1 Å². The molecule has 0 aliphatic carbocycles. The minimum atomic E-state index is 0.634. The molecule has 0 saturated carbocycles. The maximum atomic E-state index is 5.04. The molecule has 0 bridgehead atoms. The van der Waals surface area contributed by atoms with E-state index in [4.69, 9.17) is 4.52 Å². The van der Waals surface area contributed by atoms with Gasteiger partial charge in [0.05, 0.1) is 17.1 Å². The van der Waals surface area contributed by atoms with Crippen molar-refractivity contribution in [1.29, 1.82) is 0 Å². The number of nitrogens with one attached hydrogen (secondary N) is 1. The Hall–Kier alpha value is -2.03. The third-order valence-corrected chi connectivity index (χ3v) is 5.31. The van der Waals surface area contributed by atoms with Crippen molar-refractivity contribution < 1.29 is 4.52 Å². The quantitative estimate of drug-likeness (QED) is 0.764. The van der Waals surface area contributed by atoms with Gasteiger partial charge in [-0.05, 0) is 18.2 Å². The van der Waals surface area contributed by atoms with Crippen LogP contribution < -0.4 is 0 Å². The fourth-order valence-electron chi connectivity index (χ4n) is 2.93. The average Bonchev–Trinajstić information content (AvgIpc) is 3.31. The fourth-order valence-corrected chi connectivity index (χ4v) is 3.96. The van der Waals surface area contributed by atoms with E-state index in [2.05, 4.69) is 42.3 Å². The van der Waals surface area contributed by atoms with E-state index in [0.717, 1.165) is 50.8 Å². The molecule has 1 aliphatic heterocycles. The topological polar surface area (TPSA) is 74.1 Å². The summed E-state index contributed by atoms with van der Waals surface area (Å²) in [5.41, 5.74) is 1.09. The lowest BCUT2D eigenvalue weighted by molar-refractivity contribution is 0.120. The van der Waals surface area contributed by atoms with Crippen LogP contribution in [0.3, 0.4) is 0 Å². The highest BCUT2D eigenvalue weighted by atomic mass is 32.1. The lowest BCUT2D eigenvalue weighted by Gasteiger charge is -2.33. The molecule has 4 rings (SSSR count). The van der Waals surface area contributed by atoms with Crippen molar-refractivity contribution >= 4 is 11.3 Å². The highest BCUT2D eigenvalue weighted by Gasteiger charge is 2.19. The number of hydrogen-bond acceptors (Lipinski definition) is 7. The Labute approximate surface area is 144 Å². The van der Waals surface area contributed by atoms with Crippen molar-refractivity contribution in [2.75, 3.05) is 26.2 Å². The van der Waals surface area contributed by atoms with E-state index in [1.54, 1.807) is 6.20 Å². The number of hydrogen-bond donors (Lipinski definition) is 1. The minimum Gasteiger partial charge on any atom is -0.340 e. The van der Waals surface area contributed by atoms with Gasteiger partial charge in [-0.1, -0.05) is 5.16 Å². The molecule has 3 aromatic rings. The Bertz CT molecular complexity index is 772. The number of H-pyrrole nitrogens is 1. The van der Waals surface area contributed by atoms with Gasteiger partial charge < -0.3 is 4.52 Å². The minimum absolute atomic E-state index is 0.634. The van der Waals surface area contributed by atoms with E-state index in [1.165, 1.54) is 9.75 Å². The Kier molecular flexibility index (Phi) is 4.42. The first-order valence-electron chi connectivity index (χ1n) is 8.08. The first kappa shape index (κ1) is 15.5. The van der Waals surface area contributed by atoms with Crippen LogP contribution in [0.15, 0.2) is 28.9 Å². The highest BCUT2D eigenvalue weighted by molar-refractivity contribution is 7.15. The molecule has 0 unspecified atom stereocenters. The van der Waals surface area contributed by atoms with Crippen molar-refractivity contribution in [3.63, 3.8) is 0 Å². The monoisotopic (exact) mass is 344 g/mol. The molecule has 24 heavy (non-hydrogen) atoms. The summed E-state index contributed by atoms with van der Waals surface area (Å²) in [6, 6.07) is 6.39. The van der Waals surface area contributed by atoms with Gasteiger partial charge in [0.25, 0.3) is 0 Å². The van der Waals surface area contributed by atoms with Gasteiger partial charge in [-0.15, -0.1) is 11.3 Å². The van der Waals surface area contributed by atoms with Gasteiger partial charge in [0.2, 0.25) is 5.89 Å².